The monoisotopic (exact) mass is 567 g/mol. The van der Waals surface area contributed by atoms with E-state index in [-0.39, 0.29) is 59.8 Å². The highest BCUT2D eigenvalue weighted by Crippen LogP contribution is 2.63. The van der Waals surface area contributed by atoms with Gasteiger partial charge >= 0.3 is 0 Å². The van der Waals surface area contributed by atoms with Crippen LogP contribution in [0.15, 0.2) is 96.1 Å². The van der Waals surface area contributed by atoms with Crippen LogP contribution in [0.2, 0.25) is 0 Å². The second-order valence-corrected chi connectivity index (χ2v) is 12.8. The lowest BCUT2D eigenvalue weighted by atomic mass is 9.47. The van der Waals surface area contributed by atoms with Gasteiger partial charge in [-0.15, -0.1) is 0 Å². The van der Waals surface area contributed by atoms with Gasteiger partial charge in [0.05, 0.1) is 35.6 Å². The number of hydrazone groups is 1. The molecule has 0 N–H and O–H groups in total. The number of benzene rings is 3. The first-order valence-electron chi connectivity index (χ1n) is 15.2. The van der Waals surface area contributed by atoms with Crippen molar-refractivity contribution in [3.8, 4) is 0 Å². The van der Waals surface area contributed by atoms with Gasteiger partial charge in [-0.3, -0.25) is 24.1 Å². The number of imide groups is 2. The third kappa shape index (κ3) is 3.07. The molecule has 3 aromatic rings. The van der Waals surface area contributed by atoms with E-state index in [2.05, 4.69) is 12.2 Å². The van der Waals surface area contributed by atoms with Gasteiger partial charge in [-0.25, -0.2) is 0 Å². The van der Waals surface area contributed by atoms with Crippen LogP contribution >= 0.6 is 0 Å². The van der Waals surface area contributed by atoms with Crippen molar-refractivity contribution in [2.45, 2.75) is 30.7 Å². The number of likely N-dealkylation sites (tertiary alicyclic amines) is 1. The van der Waals surface area contributed by atoms with E-state index in [1.807, 2.05) is 78.9 Å². The van der Waals surface area contributed by atoms with Crippen molar-refractivity contribution in [2.24, 2.45) is 40.6 Å². The van der Waals surface area contributed by atoms with Crippen molar-refractivity contribution in [3.05, 3.63) is 119 Å². The average molecular weight is 568 g/mol. The van der Waals surface area contributed by atoms with E-state index >= 15 is 0 Å². The maximum atomic E-state index is 14.5. The molecule has 0 spiro atoms. The van der Waals surface area contributed by atoms with Crippen LogP contribution < -0.4 is 0 Å². The highest BCUT2D eigenvalue weighted by atomic mass is 16.2. The van der Waals surface area contributed by atoms with Crippen molar-refractivity contribution in [1.29, 1.82) is 0 Å². The van der Waals surface area contributed by atoms with Crippen molar-refractivity contribution < 1.29 is 19.2 Å². The molecule has 1 saturated carbocycles. The van der Waals surface area contributed by atoms with E-state index in [4.69, 9.17) is 5.10 Å². The SMILES string of the molecule is O=C1[C@@H]2C3c4ccccc4C(/C=N\N4C(=O)[C@@H]5[C@H](C4=O)[C@H]4C=C[C@H]5CC4)(c4ccccc43)[C@@H]2C(=O)N1Cc1ccccc1. The Bertz CT molecular complexity index is 1730. The molecule has 4 bridgehead atoms. The van der Waals surface area contributed by atoms with Crippen molar-refractivity contribution >= 4 is 29.8 Å². The van der Waals surface area contributed by atoms with E-state index in [1.165, 1.54) is 4.90 Å². The van der Waals surface area contributed by atoms with Gasteiger partial charge in [-0.05, 0) is 52.5 Å². The van der Waals surface area contributed by atoms with Crippen LogP contribution in [0.1, 0.15) is 46.6 Å². The van der Waals surface area contributed by atoms with Gasteiger partial charge in [0.2, 0.25) is 11.8 Å². The molecule has 8 aliphatic rings. The quantitative estimate of drug-likeness (QED) is 0.265. The molecular formula is C36H29N3O4. The van der Waals surface area contributed by atoms with Crippen LogP contribution in [-0.4, -0.2) is 39.8 Å². The second kappa shape index (κ2) is 8.69. The lowest BCUT2D eigenvalue weighted by Gasteiger charge is -2.52. The largest absolute Gasteiger partial charge is 0.278 e. The molecule has 6 aliphatic carbocycles. The summed E-state index contributed by atoms with van der Waals surface area (Å²) in [6.07, 6.45) is 7.66. The molecule has 4 amide bonds. The molecule has 6 atom stereocenters. The van der Waals surface area contributed by atoms with Gasteiger partial charge in [0.1, 0.15) is 0 Å². The Balaban J connectivity index is 1.21. The summed E-state index contributed by atoms with van der Waals surface area (Å²) in [6, 6.07) is 25.5. The number of hydrogen-bond acceptors (Lipinski definition) is 5. The number of amides is 4. The smallest absolute Gasteiger partial charge is 0.254 e. The van der Waals surface area contributed by atoms with Gasteiger partial charge in [-0.1, -0.05) is 91.0 Å². The first kappa shape index (κ1) is 24.9. The van der Waals surface area contributed by atoms with Crippen LogP contribution in [0.3, 0.4) is 0 Å². The average Bonchev–Trinajstić information content (AvgIpc) is 3.47. The molecule has 2 saturated heterocycles. The molecule has 0 unspecified atom stereocenters. The van der Waals surface area contributed by atoms with Gasteiger partial charge in [0.25, 0.3) is 11.8 Å². The number of allylic oxidation sites excluding steroid dienone is 2. The first-order chi connectivity index (χ1) is 21.0. The Kier molecular flexibility index (Phi) is 5.03. The van der Waals surface area contributed by atoms with E-state index in [1.54, 1.807) is 6.21 Å². The third-order valence-corrected chi connectivity index (χ3v) is 11.1. The van der Waals surface area contributed by atoms with Crippen LogP contribution in [0, 0.1) is 35.5 Å². The predicted octanol–water partition coefficient (Wildman–Crippen LogP) is 4.42. The highest BCUT2D eigenvalue weighted by molar-refractivity contribution is 6.12. The van der Waals surface area contributed by atoms with E-state index in [9.17, 15) is 19.2 Å². The summed E-state index contributed by atoms with van der Waals surface area (Å²) < 4.78 is 0. The van der Waals surface area contributed by atoms with E-state index < -0.39 is 17.3 Å². The molecule has 7 heteroatoms. The van der Waals surface area contributed by atoms with Gasteiger partial charge in [0, 0.05) is 12.1 Å². The minimum Gasteiger partial charge on any atom is -0.278 e. The van der Waals surface area contributed by atoms with Gasteiger partial charge in [0.15, 0.2) is 0 Å². The molecule has 3 fully saturated rings. The fourth-order valence-electron chi connectivity index (χ4n) is 9.35. The fraction of sp³-hybridized carbons (Fsp3) is 0.306. The van der Waals surface area contributed by atoms with Crippen molar-refractivity contribution in [3.63, 3.8) is 0 Å². The number of carbonyl (C=O) groups excluding carboxylic acids is 4. The summed E-state index contributed by atoms with van der Waals surface area (Å²) >= 11 is 0. The van der Waals surface area contributed by atoms with Crippen LogP contribution in [0.4, 0.5) is 0 Å². The number of rotatable bonds is 4. The second-order valence-electron chi connectivity index (χ2n) is 12.8. The molecule has 2 heterocycles. The maximum absolute atomic E-state index is 14.5. The minimum atomic E-state index is -1.11. The fourth-order valence-corrected chi connectivity index (χ4v) is 9.35. The van der Waals surface area contributed by atoms with Gasteiger partial charge in [-0.2, -0.15) is 10.1 Å². The number of hydrogen-bond donors (Lipinski definition) is 0. The molecule has 2 aliphatic heterocycles. The zero-order valence-electron chi connectivity index (χ0n) is 23.4. The van der Waals surface area contributed by atoms with E-state index in [0.29, 0.717) is 0 Å². The maximum Gasteiger partial charge on any atom is 0.254 e. The standard InChI is InChI=1S/C36H29N3O4/c40-32-30-29-23-10-4-6-12-25(23)36(26-13-7-5-11-24(26)29,31(30)35(43)38(32)18-20-8-2-1-3-9-20)19-37-39-33(41)27-21-14-15-22(17-16-21)28(27)34(39)42/h1-15,19,21-22,27-31H,16-18H2/b37-19-/t21-,22-,27-,28+,29?,30+,31-,36?/m0/s1. The zero-order valence-corrected chi connectivity index (χ0v) is 23.4. The summed E-state index contributed by atoms with van der Waals surface area (Å²) in [5.74, 6) is -3.22. The predicted molar refractivity (Wildman–Crippen MR) is 157 cm³/mol. The van der Waals surface area contributed by atoms with Crippen LogP contribution in [-0.2, 0) is 31.1 Å². The van der Waals surface area contributed by atoms with Crippen molar-refractivity contribution in [2.75, 3.05) is 0 Å². The Hall–Kier alpha value is -4.65. The summed E-state index contributed by atoms with van der Waals surface area (Å²) in [4.78, 5) is 57.6. The Morgan fingerprint density at radius 1 is 0.674 bits per heavy atom. The van der Waals surface area contributed by atoms with Crippen LogP contribution in [0.5, 0.6) is 0 Å². The Morgan fingerprint density at radius 3 is 1.81 bits per heavy atom. The third-order valence-electron chi connectivity index (χ3n) is 11.1. The lowest BCUT2D eigenvalue weighted by molar-refractivity contribution is -0.141. The Labute approximate surface area is 248 Å². The summed E-state index contributed by atoms with van der Waals surface area (Å²) in [6.45, 7) is 0.195. The molecule has 0 radical (unpaired) electrons. The normalized spacial score (nSPS) is 34.7. The molecule has 3 aromatic carbocycles. The molecule has 212 valence electrons. The number of nitrogens with zero attached hydrogens (tertiary/aromatic N) is 3. The zero-order chi connectivity index (χ0) is 29.0. The topological polar surface area (TPSA) is 87.1 Å². The molecule has 43 heavy (non-hydrogen) atoms. The molecule has 0 aromatic heterocycles. The lowest BCUT2D eigenvalue weighted by Crippen LogP contribution is -2.55. The first-order valence-corrected chi connectivity index (χ1v) is 15.2. The summed E-state index contributed by atoms with van der Waals surface area (Å²) in [5, 5.41) is 5.80. The summed E-state index contributed by atoms with van der Waals surface area (Å²) in [7, 11) is 0. The minimum absolute atomic E-state index is 0.0568. The number of fused-ring (bicyclic) bond motifs is 1. The molecular weight excluding hydrogens is 538 g/mol. The molecule has 7 nitrogen and oxygen atoms in total. The molecule has 11 rings (SSSR count). The van der Waals surface area contributed by atoms with E-state index in [0.717, 1.165) is 45.7 Å². The van der Waals surface area contributed by atoms with Gasteiger partial charge < -0.3 is 0 Å². The van der Waals surface area contributed by atoms with Crippen molar-refractivity contribution in [1.82, 2.24) is 9.91 Å². The Morgan fingerprint density at radius 2 is 1.23 bits per heavy atom. The number of carbonyl (C=O) groups is 4. The highest BCUT2D eigenvalue weighted by Gasteiger charge is 2.68. The van der Waals surface area contributed by atoms with Crippen LogP contribution in [0.25, 0.3) is 0 Å². The summed E-state index contributed by atoms with van der Waals surface area (Å²) in [5.41, 5.74) is 3.57.